The van der Waals surface area contributed by atoms with Crippen LogP contribution in [0.3, 0.4) is 0 Å². The molecular weight excluding hydrogens is 314 g/mol. The third kappa shape index (κ3) is 4.22. The Balaban J connectivity index is 1.52. The number of thiazole rings is 1. The fraction of sp³-hybridized carbons (Fsp3) is 0.412. The molecule has 1 aromatic carbocycles. The molecule has 0 aliphatic carbocycles. The molecule has 0 N–H and O–H groups in total. The molecule has 3 rings (SSSR count). The van der Waals surface area contributed by atoms with Crippen LogP contribution >= 0.6 is 11.3 Å². The molecule has 1 aliphatic rings. The van der Waals surface area contributed by atoms with E-state index in [1.807, 2.05) is 23.6 Å². The second-order valence-electron chi connectivity index (χ2n) is 5.30. The van der Waals surface area contributed by atoms with Gasteiger partial charge in [0.2, 0.25) is 0 Å². The molecule has 2 heterocycles. The van der Waals surface area contributed by atoms with Gasteiger partial charge in [-0.3, -0.25) is 4.79 Å². The highest BCUT2D eigenvalue weighted by atomic mass is 32.1. The summed E-state index contributed by atoms with van der Waals surface area (Å²) in [6.07, 6.45) is 2.25. The molecule has 0 fully saturated rings. The quantitative estimate of drug-likeness (QED) is 0.760. The van der Waals surface area contributed by atoms with Gasteiger partial charge in [-0.25, -0.2) is 4.98 Å². The number of carbonyl (C=O) groups is 1. The first kappa shape index (κ1) is 15.8. The second-order valence-corrected chi connectivity index (χ2v) is 6.24. The normalized spacial score (nSPS) is 12.9. The molecule has 0 radical (unpaired) electrons. The molecular formula is C17H19NO4S. The smallest absolute Gasteiger partial charge is 0.310 e. The van der Waals surface area contributed by atoms with Crippen LogP contribution in [0.15, 0.2) is 23.6 Å². The number of esters is 1. The molecule has 6 heteroatoms. The zero-order chi connectivity index (χ0) is 16.1. The summed E-state index contributed by atoms with van der Waals surface area (Å²) in [7, 11) is 0. The van der Waals surface area contributed by atoms with Crippen molar-refractivity contribution in [3.05, 3.63) is 39.8 Å². The number of benzene rings is 1. The van der Waals surface area contributed by atoms with E-state index in [2.05, 4.69) is 11.9 Å². The molecule has 1 aromatic heterocycles. The molecule has 0 saturated heterocycles. The summed E-state index contributed by atoms with van der Waals surface area (Å²) >= 11 is 1.61. The Hall–Kier alpha value is -2.08. The van der Waals surface area contributed by atoms with Crippen LogP contribution in [0.5, 0.6) is 11.5 Å². The van der Waals surface area contributed by atoms with Crippen molar-refractivity contribution in [3.63, 3.8) is 0 Å². The summed E-state index contributed by atoms with van der Waals surface area (Å²) in [5.74, 6) is 1.14. The summed E-state index contributed by atoms with van der Waals surface area (Å²) < 4.78 is 16.3. The number of aryl methyl sites for hydroxylation is 1. The van der Waals surface area contributed by atoms with Crippen molar-refractivity contribution < 1.29 is 19.0 Å². The molecule has 2 aromatic rings. The SMILES string of the molecule is CCCc1nc(COC(=O)Cc2ccc3c(c2)OCCO3)cs1. The van der Waals surface area contributed by atoms with E-state index in [4.69, 9.17) is 14.2 Å². The fourth-order valence-corrected chi connectivity index (χ4v) is 3.20. The lowest BCUT2D eigenvalue weighted by atomic mass is 10.1. The lowest BCUT2D eigenvalue weighted by Gasteiger charge is -2.18. The average Bonchev–Trinajstić information content (AvgIpc) is 3.01. The predicted octanol–water partition coefficient (Wildman–Crippen LogP) is 3.15. The summed E-state index contributed by atoms with van der Waals surface area (Å²) in [5, 5.41) is 3.04. The third-order valence-electron chi connectivity index (χ3n) is 3.40. The molecule has 23 heavy (non-hydrogen) atoms. The Kier molecular flexibility index (Phi) is 5.12. The maximum atomic E-state index is 12.0. The third-order valence-corrected chi connectivity index (χ3v) is 4.36. The van der Waals surface area contributed by atoms with E-state index in [-0.39, 0.29) is 19.0 Å². The number of ether oxygens (including phenoxy) is 3. The van der Waals surface area contributed by atoms with E-state index < -0.39 is 0 Å². The van der Waals surface area contributed by atoms with E-state index in [0.717, 1.165) is 34.9 Å². The van der Waals surface area contributed by atoms with Gasteiger partial charge < -0.3 is 14.2 Å². The molecule has 5 nitrogen and oxygen atoms in total. The van der Waals surface area contributed by atoms with Gasteiger partial charge in [0.05, 0.1) is 17.1 Å². The van der Waals surface area contributed by atoms with Gasteiger partial charge in [0.1, 0.15) is 19.8 Å². The molecule has 122 valence electrons. The first-order valence-electron chi connectivity index (χ1n) is 7.72. The van der Waals surface area contributed by atoms with E-state index in [1.54, 1.807) is 11.3 Å². The summed E-state index contributed by atoms with van der Waals surface area (Å²) in [6.45, 7) is 3.44. The van der Waals surface area contributed by atoms with Crippen molar-refractivity contribution in [1.82, 2.24) is 4.98 Å². The number of nitrogens with zero attached hydrogens (tertiary/aromatic N) is 1. The minimum absolute atomic E-state index is 0.211. The van der Waals surface area contributed by atoms with E-state index >= 15 is 0 Å². The van der Waals surface area contributed by atoms with Crippen molar-refractivity contribution in [3.8, 4) is 11.5 Å². The first-order chi connectivity index (χ1) is 11.2. The topological polar surface area (TPSA) is 57.7 Å². The zero-order valence-electron chi connectivity index (χ0n) is 13.0. The Labute approximate surface area is 139 Å². The molecule has 1 aliphatic heterocycles. The van der Waals surface area contributed by atoms with Crippen LogP contribution in [0.4, 0.5) is 0 Å². The van der Waals surface area contributed by atoms with Crippen molar-refractivity contribution in [2.75, 3.05) is 13.2 Å². The maximum Gasteiger partial charge on any atom is 0.310 e. The van der Waals surface area contributed by atoms with Crippen molar-refractivity contribution in [2.24, 2.45) is 0 Å². The van der Waals surface area contributed by atoms with Gasteiger partial charge in [-0.1, -0.05) is 13.0 Å². The van der Waals surface area contributed by atoms with Gasteiger partial charge in [-0.2, -0.15) is 0 Å². The van der Waals surface area contributed by atoms with Crippen LogP contribution in [-0.4, -0.2) is 24.2 Å². The monoisotopic (exact) mass is 333 g/mol. The van der Waals surface area contributed by atoms with Gasteiger partial charge in [-0.15, -0.1) is 11.3 Å². The standard InChI is InChI=1S/C17H19NO4S/c1-2-3-16-18-13(11-23-16)10-22-17(19)9-12-4-5-14-15(8-12)21-7-6-20-14/h4-5,8,11H,2-3,6-7,9-10H2,1H3. The minimum atomic E-state index is -0.272. The average molecular weight is 333 g/mol. The van der Waals surface area contributed by atoms with Crippen molar-refractivity contribution in [2.45, 2.75) is 32.8 Å². The maximum absolute atomic E-state index is 12.0. The molecule has 0 amide bonds. The number of rotatable bonds is 6. The number of hydrogen-bond donors (Lipinski definition) is 0. The summed E-state index contributed by atoms with van der Waals surface area (Å²) in [6, 6.07) is 5.52. The Bertz CT molecular complexity index is 683. The van der Waals surface area contributed by atoms with E-state index in [9.17, 15) is 4.79 Å². The van der Waals surface area contributed by atoms with Gasteiger partial charge in [0, 0.05) is 5.38 Å². The lowest BCUT2D eigenvalue weighted by molar-refractivity contribution is -0.144. The van der Waals surface area contributed by atoms with Crippen LogP contribution in [-0.2, 0) is 29.0 Å². The first-order valence-corrected chi connectivity index (χ1v) is 8.60. The molecule has 0 atom stereocenters. The molecule has 0 bridgehead atoms. The lowest BCUT2D eigenvalue weighted by Crippen LogP contribution is -2.16. The number of hydrogen-bond acceptors (Lipinski definition) is 6. The Morgan fingerprint density at radius 3 is 2.96 bits per heavy atom. The molecule has 0 spiro atoms. The highest BCUT2D eigenvalue weighted by molar-refractivity contribution is 7.09. The Morgan fingerprint density at radius 1 is 1.30 bits per heavy atom. The van der Waals surface area contributed by atoms with Gasteiger partial charge in [0.25, 0.3) is 0 Å². The molecule has 0 unspecified atom stereocenters. The largest absolute Gasteiger partial charge is 0.486 e. The van der Waals surface area contributed by atoms with Crippen LogP contribution in [0.1, 0.15) is 29.6 Å². The second kappa shape index (κ2) is 7.46. The van der Waals surface area contributed by atoms with Gasteiger partial charge in [0.15, 0.2) is 11.5 Å². The summed E-state index contributed by atoms with van der Waals surface area (Å²) in [4.78, 5) is 16.4. The zero-order valence-corrected chi connectivity index (χ0v) is 13.9. The highest BCUT2D eigenvalue weighted by Crippen LogP contribution is 2.30. The van der Waals surface area contributed by atoms with Crippen LogP contribution in [0, 0.1) is 0 Å². The minimum Gasteiger partial charge on any atom is -0.486 e. The molecule has 0 saturated carbocycles. The van der Waals surface area contributed by atoms with E-state index in [0.29, 0.717) is 19.0 Å². The fourth-order valence-electron chi connectivity index (χ4n) is 2.31. The van der Waals surface area contributed by atoms with Crippen molar-refractivity contribution >= 4 is 17.3 Å². The van der Waals surface area contributed by atoms with Crippen LogP contribution in [0.25, 0.3) is 0 Å². The summed E-state index contributed by atoms with van der Waals surface area (Å²) in [5.41, 5.74) is 1.66. The van der Waals surface area contributed by atoms with Crippen molar-refractivity contribution in [1.29, 1.82) is 0 Å². The Morgan fingerprint density at radius 2 is 2.13 bits per heavy atom. The van der Waals surface area contributed by atoms with Gasteiger partial charge >= 0.3 is 5.97 Å². The highest BCUT2D eigenvalue weighted by Gasteiger charge is 2.14. The number of carbonyl (C=O) groups excluding carboxylic acids is 1. The predicted molar refractivity (Wildman–Crippen MR) is 87.0 cm³/mol. The van der Waals surface area contributed by atoms with E-state index in [1.165, 1.54) is 0 Å². The van der Waals surface area contributed by atoms with Crippen LogP contribution < -0.4 is 9.47 Å². The van der Waals surface area contributed by atoms with Crippen LogP contribution in [0.2, 0.25) is 0 Å². The van der Waals surface area contributed by atoms with Gasteiger partial charge in [-0.05, 0) is 30.5 Å². The number of aromatic nitrogens is 1. The number of fused-ring (bicyclic) bond motifs is 1.